The highest BCUT2D eigenvalue weighted by Crippen LogP contribution is 2.50. The lowest BCUT2D eigenvalue weighted by molar-refractivity contribution is -0.538. The van der Waals surface area contributed by atoms with Crippen LogP contribution in [-0.2, 0) is 9.53 Å². The van der Waals surface area contributed by atoms with Crippen molar-refractivity contribution < 1.29 is 29.4 Å². The van der Waals surface area contributed by atoms with E-state index in [2.05, 4.69) is 48.5 Å². The Bertz CT molecular complexity index is 1340. The van der Waals surface area contributed by atoms with Crippen LogP contribution in [0, 0.1) is 83.6 Å². The van der Waals surface area contributed by atoms with Gasteiger partial charge in [-0.15, -0.1) is 35.6 Å². The Kier molecular flexibility index (Phi) is 35.1. The number of halogens is 3. The van der Waals surface area contributed by atoms with Crippen molar-refractivity contribution in [3.05, 3.63) is 66.9 Å². The molecule has 62 heavy (non-hydrogen) atoms. The van der Waals surface area contributed by atoms with Gasteiger partial charge >= 0.3 is 0 Å². The van der Waals surface area contributed by atoms with Gasteiger partial charge in [0.05, 0.1) is 11.5 Å². The number of nitrogens with zero attached hydrogens (tertiary/aromatic N) is 4. The van der Waals surface area contributed by atoms with E-state index in [-0.39, 0.29) is 29.9 Å². The predicted molar refractivity (Wildman–Crippen MR) is 254 cm³/mol. The van der Waals surface area contributed by atoms with Gasteiger partial charge in [0, 0.05) is 45.5 Å². The Morgan fingerprint density at radius 1 is 0.855 bits per heavy atom. The fourth-order valence-electron chi connectivity index (χ4n) is 9.66. The van der Waals surface area contributed by atoms with Gasteiger partial charge in [-0.05, 0) is 132 Å². The van der Waals surface area contributed by atoms with Crippen molar-refractivity contribution in [1.82, 2.24) is 5.32 Å². The maximum atomic E-state index is 10.6. The maximum Gasteiger partial charge on any atom is 0.285 e. The molecule has 0 aromatic heterocycles. The lowest BCUT2D eigenvalue weighted by Gasteiger charge is -2.29. The summed E-state index contributed by atoms with van der Waals surface area (Å²) in [5, 5.41) is 41.1. The van der Waals surface area contributed by atoms with Crippen LogP contribution in [0.25, 0.3) is 0 Å². The molecule has 6 bridgehead atoms. The summed E-state index contributed by atoms with van der Waals surface area (Å²) >= 11 is 10.1. The molecule has 13 unspecified atom stereocenters. The number of nitrogens with two attached hydrogens (primary N) is 1. The average molecular weight is 943 g/mol. The second-order valence-electron chi connectivity index (χ2n) is 16.5. The van der Waals surface area contributed by atoms with Crippen molar-refractivity contribution in [2.75, 3.05) is 31.5 Å². The van der Waals surface area contributed by atoms with Crippen molar-refractivity contribution in [3.63, 3.8) is 0 Å². The minimum Gasteiger partial charge on any atom is -0.463 e. The van der Waals surface area contributed by atoms with Gasteiger partial charge in [-0.1, -0.05) is 58.9 Å². The zero-order chi connectivity index (χ0) is 46.5. The number of carbonyl (C=O) groups excluding carboxylic acids is 1. The number of aliphatic hydroxyl groups excluding tert-OH is 1. The highest BCUT2D eigenvalue weighted by atomic mass is 35.5. The molecule has 0 radical (unpaired) electrons. The summed E-state index contributed by atoms with van der Waals surface area (Å²) in [6.07, 6.45) is 23.7. The number of alkyl halides is 2. The molecule has 15 nitrogen and oxygen atoms in total. The Morgan fingerprint density at radius 2 is 1.32 bits per heavy atom. The molecule has 6 fully saturated rings. The van der Waals surface area contributed by atoms with Crippen molar-refractivity contribution in [2.45, 2.75) is 144 Å². The number of allylic oxidation sites excluding steroid dienone is 5. The van der Waals surface area contributed by atoms with Crippen LogP contribution in [0.1, 0.15) is 120 Å². The number of hydrogen-bond acceptors (Lipinski definition) is 12. The maximum absolute atomic E-state index is 10.6. The molecule has 8 aliphatic rings. The number of aliphatic imine (C=N–C) groups is 1. The fourth-order valence-corrected chi connectivity index (χ4v) is 9.66. The van der Waals surface area contributed by atoms with Crippen molar-refractivity contribution in [2.24, 2.45) is 64.0 Å². The van der Waals surface area contributed by atoms with Gasteiger partial charge in [0.25, 0.3) is 6.02 Å². The molecule has 0 spiro atoms. The van der Waals surface area contributed by atoms with Gasteiger partial charge in [-0.2, -0.15) is 0 Å². The summed E-state index contributed by atoms with van der Waals surface area (Å²) in [6, 6.07) is 1.76. The zero-order valence-electron chi connectivity index (χ0n) is 38.4. The number of nitro groups is 3. The van der Waals surface area contributed by atoms with Crippen molar-refractivity contribution >= 4 is 47.9 Å². The number of fused-ring (bicyclic) bond motifs is 6. The van der Waals surface area contributed by atoms with Crippen LogP contribution in [0.5, 0.6) is 0 Å². The molecule has 0 aromatic carbocycles. The summed E-state index contributed by atoms with van der Waals surface area (Å²) in [6.45, 7) is 16.4. The minimum atomic E-state index is -0.824. The van der Waals surface area contributed by atoms with Crippen LogP contribution < -0.4 is 11.1 Å². The summed E-state index contributed by atoms with van der Waals surface area (Å²) in [7, 11) is 0. The third-order valence-corrected chi connectivity index (χ3v) is 13.1. The molecule has 1 aliphatic heterocycles. The van der Waals surface area contributed by atoms with Gasteiger partial charge in [0.1, 0.15) is 19.0 Å². The molecule has 13 atom stereocenters. The van der Waals surface area contributed by atoms with Crippen LogP contribution in [0.4, 0.5) is 0 Å². The molecule has 360 valence electrons. The molecule has 18 heteroatoms. The number of ether oxygens (including phenoxy) is 1. The van der Waals surface area contributed by atoms with E-state index in [0.717, 1.165) is 86.4 Å². The van der Waals surface area contributed by atoms with Gasteiger partial charge in [0.15, 0.2) is 0 Å². The number of carbonyl (C=O) groups is 1. The second-order valence-corrected chi connectivity index (χ2v) is 17.2. The van der Waals surface area contributed by atoms with E-state index in [0.29, 0.717) is 41.6 Å². The smallest absolute Gasteiger partial charge is 0.285 e. The molecule has 0 saturated heterocycles. The lowest BCUT2D eigenvalue weighted by atomic mass is 9.86. The van der Waals surface area contributed by atoms with Gasteiger partial charge in [-0.3, -0.25) is 30.3 Å². The number of amidine groups is 1. The predicted octanol–water partition coefficient (Wildman–Crippen LogP) is 9.53. The molecular formula is C44H79Cl3N6O9. The summed E-state index contributed by atoms with van der Waals surface area (Å²) < 4.78 is 5.41. The third-order valence-electron chi connectivity index (χ3n) is 12.5. The molecule has 8 rings (SSSR count). The standard InChI is InChI=1S/C11H18N2O.C8H13NO2.C8H15N.C5H6.C3H7NO3.C3H5NO2.C2H4Cl2.C2H4O.C2H6.ClH/c1-7-8-2-3-9(6-8)10(7)13-11-12-4-5-14-11;1-5-6-2-3-7(4-6)8(5)9(10)11;1-5-6-2-3-7(4-6)8(5)9;1-2-4-5-3-1;1-3(5)2-4(6)7;1-2-3-4(5)6;3-1-2-4;1-2-3;1-2;/h7-10H,2-6H2,1H3,(H,12,13);5-8H,2-4H2,1H3;5-8H,2-4,9H2,1H3;1-4H,5H2;3,5H,2H2,1H3;2-3H,1H3;1-2H2;2H,1H3;1-2H3;1H/b;;;;;3-2+;;;;. The first-order valence-electron chi connectivity index (χ1n) is 22.3. The topological polar surface area (TPSA) is 226 Å². The molecule has 0 amide bonds. The number of aliphatic hydroxyl groups is 1. The Balaban J connectivity index is 0. The highest BCUT2D eigenvalue weighted by molar-refractivity contribution is 6.25. The van der Waals surface area contributed by atoms with Crippen LogP contribution >= 0.6 is 35.6 Å². The average Bonchev–Trinajstić information content (AvgIpc) is 4.08. The van der Waals surface area contributed by atoms with Crippen LogP contribution in [-0.4, -0.2) is 87.9 Å². The normalized spacial score (nSPS) is 31.6. The lowest BCUT2D eigenvalue weighted by Crippen LogP contribution is -2.43. The van der Waals surface area contributed by atoms with Crippen LogP contribution in [0.2, 0.25) is 0 Å². The van der Waals surface area contributed by atoms with E-state index in [9.17, 15) is 30.3 Å². The van der Waals surface area contributed by atoms with E-state index in [1.807, 2.05) is 20.8 Å². The second kappa shape index (κ2) is 35.5. The Hall–Kier alpha value is -2.85. The van der Waals surface area contributed by atoms with E-state index in [1.54, 1.807) is 6.92 Å². The molecule has 6 saturated carbocycles. The van der Waals surface area contributed by atoms with E-state index in [4.69, 9.17) is 43.6 Å². The first-order chi connectivity index (χ1) is 29.1. The largest absolute Gasteiger partial charge is 0.463 e. The first kappa shape index (κ1) is 61.2. The quantitative estimate of drug-likeness (QED) is 0.0983. The molecule has 0 aromatic rings. The number of rotatable bonds is 6. The van der Waals surface area contributed by atoms with Gasteiger partial charge in [-0.25, -0.2) is 4.99 Å². The Labute approximate surface area is 387 Å². The fraction of sp³-hybridized carbons (Fsp3) is 0.818. The van der Waals surface area contributed by atoms with Gasteiger partial charge in [0.2, 0.25) is 18.8 Å². The van der Waals surface area contributed by atoms with Crippen LogP contribution in [0.15, 0.2) is 41.6 Å². The van der Waals surface area contributed by atoms with E-state index >= 15 is 0 Å². The van der Waals surface area contributed by atoms with Crippen molar-refractivity contribution in [3.8, 4) is 0 Å². The molecular weight excluding hydrogens is 863 g/mol. The number of hydrogen-bond donors (Lipinski definition) is 3. The highest BCUT2D eigenvalue weighted by Gasteiger charge is 2.52. The zero-order valence-corrected chi connectivity index (χ0v) is 40.7. The molecule has 4 N–H and O–H groups in total. The minimum absolute atomic E-state index is 0. The van der Waals surface area contributed by atoms with E-state index in [1.165, 1.54) is 64.9 Å². The SMILES string of the molecule is C/C=C/[N+](=O)[O-].C1=CCC=C1.CC.CC(O)C[N+](=O)[O-].CC1C2CCC(C2)C1N.CC1C2CCC(C2)C1NC1=NCCO1.CC1C2CCC(C2)C1[N+](=O)[O-].CC=O.Cl.ClCCCl. The monoisotopic (exact) mass is 940 g/mol. The summed E-state index contributed by atoms with van der Waals surface area (Å²) in [5.74, 6) is 7.87. The number of aldehydes is 1. The van der Waals surface area contributed by atoms with Crippen LogP contribution in [0.3, 0.4) is 0 Å². The molecule has 1 heterocycles. The first-order valence-corrected chi connectivity index (χ1v) is 23.4. The van der Waals surface area contributed by atoms with E-state index < -0.39 is 16.0 Å². The third kappa shape index (κ3) is 23.2. The summed E-state index contributed by atoms with van der Waals surface area (Å²) in [5.41, 5.74) is 5.96. The Morgan fingerprint density at radius 3 is 1.56 bits per heavy atom. The molecule has 7 aliphatic carbocycles. The van der Waals surface area contributed by atoms with Crippen molar-refractivity contribution in [1.29, 1.82) is 0 Å². The summed E-state index contributed by atoms with van der Waals surface area (Å²) in [4.78, 5) is 41.4. The van der Waals surface area contributed by atoms with Gasteiger partial charge < -0.3 is 25.7 Å². The number of nitrogens with one attached hydrogen (secondary N) is 1.